The molecule has 1 rings (SSSR count). The van der Waals surface area contributed by atoms with Crippen molar-refractivity contribution in [3.05, 3.63) is 0 Å². The lowest BCUT2D eigenvalue weighted by molar-refractivity contribution is -0.0329. The molecule has 2 radical (unpaired) electrons. The second-order valence-electron chi connectivity index (χ2n) is 5.04. The molecule has 0 spiro atoms. The molecule has 1 heterocycles. The zero-order valence-corrected chi connectivity index (χ0v) is 11.0. The summed E-state index contributed by atoms with van der Waals surface area (Å²) in [6, 6.07) is -0.335. The monoisotopic (exact) mass is 226 g/mol. The molecule has 4 heteroatoms. The molecule has 3 nitrogen and oxygen atoms in total. The summed E-state index contributed by atoms with van der Waals surface area (Å²) in [5.41, 5.74) is 0. The van der Waals surface area contributed by atoms with Crippen LogP contribution < -0.4 is 0 Å². The summed E-state index contributed by atoms with van der Waals surface area (Å²) < 4.78 is 16.8. The maximum atomic E-state index is 5.91. The van der Waals surface area contributed by atoms with Crippen LogP contribution in [0.15, 0.2) is 0 Å². The summed E-state index contributed by atoms with van der Waals surface area (Å²) in [6.07, 6.45) is 0.234. The third-order valence-electron chi connectivity index (χ3n) is 3.10. The maximum absolute atomic E-state index is 5.91. The highest BCUT2D eigenvalue weighted by atomic mass is 16.6. The Morgan fingerprint density at radius 3 is 2.31 bits per heavy atom. The van der Waals surface area contributed by atoms with Gasteiger partial charge < -0.3 is 14.2 Å². The van der Waals surface area contributed by atoms with Gasteiger partial charge in [0, 0.05) is 19.0 Å². The van der Waals surface area contributed by atoms with Gasteiger partial charge >= 0.3 is 0 Å². The molecule has 92 valence electrons. The van der Waals surface area contributed by atoms with Crippen molar-refractivity contribution in [2.45, 2.75) is 52.0 Å². The van der Waals surface area contributed by atoms with Crippen molar-refractivity contribution in [3.8, 4) is 0 Å². The van der Waals surface area contributed by atoms with Gasteiger partial charge in [0.1, 0.15) is 7.85 Å². The molecule has 4 atom stereocenters. The third kappa shape index (κ3) is 3.22. The fraction of sp³-hybridized carbons (Fsp3) is 1.00. The summed E-state index contributed by atoms with van der Waals surface area (Å²) in [4.78, 5) is 0. The maximum Gasteiger partial charge on any atom is 0.112 e. The van der Waals surface area contributed by atoms with E-state index in [1.165, 1.54) is 0 Å². The molecule has 4 unspecified atom stereocenters. The van der Waals surface area contributed by atoms with Crippen LogP contribution in [0.1, 0.15) is 27.7 Å². The molecular weight excluding hydrogens is 203 g/mol. The highest BCUT2D eigenvalue weighted by Crippen LogP contribution is 2.33. The second kappa shape index (κ2) is 6.03. The van der Waals surface area contributed by atoms with Gasteiger partial charge in [0.15, 0.2) is 0 Å². The molecule has 0 amide bonds. The predicted octanol–water partition coefficient (Wildman–Crippen LogP) is 1.59. The van der Waals surface area contributed by atoms with Crippen LogP contribution in [0.2, 0.25) is 0 Å². The van der Waals surface area contributed by atoms with Gasteiger partial charge in [0.25, 0.3) is 0 Å². The largest absolute Gasteiger partial charge is 0.379 e. The van der Waals surface area contributed by atoms with E-state index in [9.17, 15) is 0 Å². The van der Waals surface area contributed by atoms with E-state index in [0.717, 1.165) is 0 Å². The minimum Gasteiger partial charge on any atom is -0.379 e. The van der Waals surface area contributed by atoms with Crippen LogP contribution in [0.25, 0.3) is 0 Å². The zero-order valence-electron chi connectivity index (χ0n) is 11.0. The molecule has 16 heavy (non-hydrogen) atoms. The van der Waals surface area contributed by atoms with Gasteiger partial charge in [0.2, 0.25) is 0 Å². The average molecular weight is 226 g/mol. The van der Waals surface area contributed by atoms with Crippen LogP contribution in [0.4, 0.5) is 0 Å². The Kier molecular flexibility index (Phi) is 5.28. The fourth-order valence-corrected chi connectivity index (χ4v) is 2.34. The summed E-state index contributed by atoms with van der Waals surface area (Å²) in [7, 11) is 7.60. The minimum atomic E-state index is -0.335. The van der Waals surface area contributed by atoms with E-state index in [1.54, 1.807) is 7.11 Å². The third-order valence-corrected chi connectivity index (χ3v) is 3.10. The highest BCUT2D eigenvalue weighted by molar-refractivity contribution is 6.11. The first-order valence-electron chi connectivity index (χ1n) is 6.02. The SMILES string of the molecule is [B]C1OC(COC(C)C)C(C(C)C)C1OC. The number of ether oxygens (including phenoxy) is 3. The number of methoxy groups -OCH3 is 1. The van der Waals surface area contributed by atoms with Gasteiger partial charge in [-0.05, 0) is 19.8 Å². The van der Waals surface area contributed by atoms with Crippen molar-refractivity contribution in [3.63, 3.8) is 0 Å². The molecule has 1 fully saturated rings. The topological polar surface area (TPSA) is 27.7 Å². The predicted molar refractivity (Wildman–Crippen MR) is 64.6 cm³/mol. The normalized spacial score (nSPS) is 35.2. The van der Waals surface area contributed by atoms with Gasteiger partial charge in [-0.15, -0.1) is 0 Å². The highest BCUT2D eigenvalue weighted by Gasteiger charge is 2.43. The Hall–Kier alpha value is -0.0551. The first-order chi connectivity index (χ1) is 7.47. The summed E-state index contributed by atoms with van der Waals surface area (Å²) in [6.45, 7) is 8.97. The minimum absolute atomic E-state index is 0.0271. The molecule has 1 saturated heterocycles. The second-order valence-corrected chi connectivity index (χ2v) is 5.04. The van der Waals surface area contributed by atoms with Crippen LogP contribution in [-0.4, -0.2) is 45.9 Å². The molecule has 0 aromatic rings. The van der Waals surface area contributed by atoms with Crippen molar-refractivity contribution in [2.75, 3.05) is 13.7 Å². The molecule has 0 aromatic heterocycles. The molecular formula is C12H23BO3. The molecule has 1 aliphatic heterocycles. The first kappa shape index (κ1) is 14.0. The Bertz CT molecular complexity index is 208. The smallest absolute Gasteiger partial charge is 0.112 e. The zero-order chi connectivity index (χ0) is 12.3. The van der Waals surface area contributed by atoms with E-state index in [4.69, 9.17) is 22.1 Å². The van der Waals surface area contributed by atoms with Crippen molar-refractivity contribution < 1.29 is 14.2 Å². The lowest BCUT2D eigenvalue weighted by Gasteiger charge is -2.26. The molecule has 1 aliphatic rings. The van der Waals surface area contributed by atoms with Gasteiger partial charge in [-0.3, -0.25) is 0 Å². The number of hydrogen-bond donors (Lipinski definition) is 0. The number of hydrogen-bond acceptors (Lipinski definition) is 3. The lowest BCUT2D eigenvalue weighted by Crippen LogP contribution is -2.35. The average Bonchev–Trinajstić information content (AvgIpc) is 2.51. The number of rotatable bonds is 5. The van der Waals surface area contributed by atoms with Crippen molar-refractivity contribution in [1.82, 2.24) is 0 Å². The summed E-state index contributed by atoms with van der Waals surface area (Å²) >= 11 is 0. The van der Waals surface area contributed by atoms with Gasteiger partial charge in [-0.2, -0.15) is 0 Å². The van der Waals surface area contributed by atoms with Crippen molar-refractivity contribution in [1.29, 1.82) is 0 Å². The van der Waals surface area contributed by atoms with Crippen molar-refractivity contribution >= 4 is 7.85 Å². The Balaban J connectivity index is 2.62. The summed E-state index contributed by atoms with van der Waals surface area (Å²) in [5.74, 6) is 0.776. The van der Waals surface area contributed by atoms with Crippen LogP contribution in [0, 0.1) is 11.8 Å². The van der Waals surface area contributed by atoms with E-state index >= 15 is 0 Å². The first-order valence-corrected chi connectivity index (χ1v) is 6.02. The van der Waals surface area contributed by atoms with Crippen LogP contribution in [-0.2, 0) is 14.2 Å². The van der Waals surface area contributed by atoms with E-state index in [-0.39, 0.29) is 24.3 Å². The van der Waals surface area contributed by atoms with Crippen LogP contribution in [0.3, 0.4) is 0 Å². The Labute approximate surface area is 100 Å². The quantitative estimate of drug-likeness (QED) is 0.666. The molecule has 0 saturated carbocycles. The van der Waals surface area contributed by atoms with E-state index in [0.29, 0.717) is 18.4 Å². The lowest BCUT2D eigenvalue weighted by atomic mass is 9.81. The standard InChI is InChI=1S/C12H23BO3/c1-7(2)10-9(6-15-8(3)4)16-12(13)11(10)14-5/h7-12H,6H2,1-5H3. The van der Waals surface area contributed by atoms with Crippen LogP contribution >= 0.6 is 0 Å². The summed E-state index contributed by atoms with van der Waals surface area (Å²) in [5, 5.41) is 0. The van der Waals surface area contributed by atoms with Gasteiger partial charge in [-0.1, -0.05) is 13.8 Å². The van der Waals surface area contributed by atoms with Crippen molar-refractivity contribution in [2.24, 2.45) is 11.8 Å². The molecule has 0 N–H and O–H groups in total. The Morgan fingerprint density at radius 1 is 1.25 bits per heavy atom. The van der Waals surface area contributed by atoms with Crippen LogP contribution in [0.5, 0.6) is 0 Å². The van der Waals surface area contributed by atoms with Gasteiger partial charge in [-0.25, -0.2) is 0 Å². The molecule has 0 aliphatic carbocycles. The molecule has 0 bridgehead atoms. The van der Waals surface area contributed by atoms with E-state index < -0.39 is 0 Å². The fourth-order valence-electron chi connectivity index (χ4n) is 2.34. The molecule has 0 aromatic carbocycles. The van der Waals surface area contributed by atoms with E-state index in [1.807, 2.05) is 13.8 Å². The Morgan fingerprint density at radius 2 is 1.88 bits per heavy atom. The van der Waals surface area contributed by atoms with E-state index in [2.05, 4.69) is 13.8 Å². The van der Waals surface area contributed by atoms with Gasteiger partial charge in [0.05, 0.1) is 24.9 Å².